The van der Waals surface area contributed by atoms with Gasteiger partial charge in [-0.3, -0.25) is 4.79 Å². The summed E-state index contributed by atoms with van der Waals surface area (Å²) in [4.78, 5) is 12.5. The summed E-state index contributed by atoms with van der Waals surface area (Å²) in [6, 6.07) is 21.4. The summed E-state index contributed by atoms with van der Waals surface area (Å²) in [5.41, 5.74) is 5.58. The molecule has 1 aliphatic heterocycles. The number of fused-ring (bicyclic) bond motifs is 1. The highest BCUT2D eigenvalue weighted by Gasteiger charge is 2.29. The maximum Gasteiger partial charge on any atom is 0.492 e. The molecule has 3 aromatic carbocycles. The number of anilines is 1. The average Bonchev–Trinajstić information content (AvgIpc) is 3.14. The predicted octanol–water partition coefficient (Wildman–Crippen LogP) is 3.15. The Morgan fingerprint density at radius 1 is 1.10 bits per heavy atom. The third kappa shape index (κ3) is 4.34. The van der Waals surface area contributed by atoms with Crippen LogP contribution in [0.1, 0.15) is 17.5 Å². The molecule has 0 unspecified atom stereocenters. The van der Waals surface area contributed by atoms with Crippen LogP contribution in [0, 0.1) is 0 Å². The van der Waals surface area contributed by atoms with E-state index in [0.717, 1.165) is 39.2 Å². The lowest BCUT2D eigenvalue weighted by molar-refractivity contribution is -0.116. The van der Waals surface area contributed by atoms with Crippen molar-refractivity contribution in [1.29, 1.82) is 0 Å². The summed E-state index contributed by atoms with van der Waals surface area (Å²) in [5.74, 6) is 0.740. The van der Waals surface area contributed by atoms with E-state index in [1.807, 2.05) is 66.7 Å². The van der Waals surface area contributed by atoms with Gasteiger partial charge in [-0.15, -0.1) is 0 Å². The Kier molecular flexibility index (Phi) is 5.65. The molecule has 0 aromatic heterocycles. The van der Waals surface area contributed by atoms with E-state index < -0.39 is 7.12 Å². The Hall–Kier alpha value is -3.09. The van der Waals surface area contributed by atoms with E-state index in [1.165, 1.54) is 0 Å². The maximum absolute atomic E-state index is 12.5. The third-order valence-corrected chi connectivity index (χ3v) is 5.12. The number of carbonyl (C=O) groups is 1. The zero-order valence-corrected chi connectivity index (χ0v) is 16.2. The molecule has 1 heterocycles. The molecule has 0 atom stereocenters. The molecule has 0 aliphatic carbocycles. The molecule has 0 bridgehead atoms. The number of rotatable bonds is 6. The lowest BCUT2D eigenvalue weighted by Gasteiger charge is -2.10. The molecule has 2 N–H and O–H groups in total. The SMILES string of the molecule is COc1ccc(-c2cccc(NC(=O)CCc3cccc4c3B(O)OC4)c2)cc1. The van der Waals surface area contributed by atoms with Gasteiger partial charge in [0.1, 0.15) is 5.75 Å². The zero-order chi connectivity index (χ0) is 20.2. The van der Waals surface area contributed by atoms with Crippen molar-refractivity contribution in [3.05, 3.63) is 77.9 Å². The maximum atomic E-state index is 12.5. The van der Waals surface area contributed by atoms with Crippen molar-refractivity contribution in [2.45, 2.75) is 19.4 Å². The number of hydrogen-bond donors (Lipinski definition) is 2. The Balaban J connectivity index is 1.41. The first kappa shape index (κ1) is 19.2. The monoisotopic (exact) mass is 387 g/mol. The zero-order valence-electron chi connectivity index (χ0n) is 16.2. The molecular weight excluding hydrogens is 365 g/mol. The van der Waals surface area contributed by atoms with Crippen LogP contribution in [0.15, 0.2) is 66.7 Å². The molecule has 1 aliphatic rings. The summed E-state index contributed by atoms with van der Waals surface area (Å²) >= 11 is 0. The standard InChI is InChI=1S/C23H22BNO4/c1-28-21-11-8-16(9-12-21)18-5-3-7-20(14-18)25-22(26)13-10-17-4-2-6-19-15-29-24(27)23(17)19/h2-9,11-12,14,27H,10,13,15H2,1H3,(H,25,26). The lowest BCUT2D eigenvalue weighted by atomic mass is 9.75. The highest BCUT2D eigenvalue weighted by Crippen LogP contribution is 2.25. The minimum Gasteiger partial charge on any atom is -0.497 e. The van der Waals surface area contributed by atoms with Crippen molar-refractivity contribution in [2.24, 2.45) is 0 Å². The Morgan fingerprint density at radius 2 is 1.90 bits per heavy atom. The van der Waals surface area contributed by atoms with Crippen LogP contribution in [0.2, 0.25) is 0 Å². The molecule has 3 aromatic rings. The second kappa shape index (κ2) is 8.51. The van der Waals surface area contributed by atoms with Crippen LogP contribution >= 0.6 is 0 Å². The first-order chi connectivity index (χ1) is 14.1. The van der Waals surface area contributed by atoms with Gasteiger partial charge in [-0.25, -0.2) is 0 Å². The summed E-state index contributed by atoms with van der Waals surface area (Å²) < 4.78 is 10.5. The number of carbonyl (C=O) groups excluding carboxylic acids is 1. The second-order valence-electron chi connectivity index (χ2n) is 7.01. The number of ether oxygens (including phenoxy) is 1. The van der Waals surface area contributed by atoms with E-state index in [2.05, 4.69) is 5.32 Å². The van der Waals surface area contributed by atoms with E-state index in [1.54, 1.807) is 7.11 Å². The van der Waals surface area contributed by atoms with Crippen molar-refractivity contribution >= 4 is 24.2 Å². The lowest BCUT2D eigenvalue weighted by Crippen LogP contribution is -2.31. The highest BCUT2D eigenvalue weighted by molar-refractivity contribution is 6.62. The van der Waals surface area contributed by atoms with Gasteiger partial charge in [0.2, 0.25) is 5.91 Å². The third-order valence-electron chi connectivity index (χ3n) is 5.12. The van der Waals surface area contributed by atoms with Gasteiger partial charge in [-0.1, -0.05) is 42.5 Å². The quantitative estimate of drug-likeness (QED) is 0.638. The van der Waals surface area contributed by atoms with Crippen molar-refractivity contribution < 1.29 is 19.2 Å². The van der Waals surface area contributed by atoms with E-state index in [0.29, 0.717) is 19.4 Å². The molecule has 1 amide bonds. The second-order valence-corrected chi connectivity index (χ2v) is 7.01. The van der Waals surface area contributed by atoms with Gasteiger partial charge < -0.3 is 19.7 Å². The van der Waals surface area contributed by atoms with Crippen LogP contribution in [-0.2, 0) is 22.5 Å². The smallest absolute Gasteiger partial charge is 0.492 e. The van der Waals surface area contributed by atoms with Gasteiger partial charge in [0.25, 0.3) is 0 Å². The summed E-state index contributed by atoms with van der Waals surface area (Å²) in [7, 11) is 0.744. The van der Waals surface area contributed by atoms with Gasteiger partial charge >= 0.3 is 7.12 Å². The molecule has 5 nitrogen and oxygen atoms in total. The molecule has 0 fully saturated rings. The largest absolute Gasteiger partial charge is 0.497 e. The van der Waals surface area contributed by atoms with Crippen molar-refractivity contribution in [3.8, 4) is 16.9 Å². The number of nitrogens with one attached hydrogen (secondary N) is 1. The fourth-order valence-corrected chi connectivity index (χ4v) is 3.61. The van der Waals surface area contributed by atoms with Crippen LogP contribution in [0.4, 0.5) is 5.69 Å². The molecule has 0 saturated carbocycles. The Bertz CT molecular complexity index is 1020. The van der Waals surface area contributed by atoms with Crippen molar-refractivity contribution in [3.63, 3.8) is 0 Å². The Morgan fingerprint density at radius 3 is 2.69 bits per heavy atom. The number of hydrogen-bond acceptors (Lipinski definition) is 4. The molecule has 0 radical (unpaired) electrons. The van der Waals surface area contributed by atoms with Crippen LogP contribution in [0.5, 0.6) is 5.75 Å². The summed E-state index contributed by atoms with van der Waals surface area (Å²) in [5, 5.41) is 13.0. The van der Waals surface area contributed by atoms with Gasteiger partial charge in [0.15, 0.2) is 0 Å². The predicted molar refractivity (Wildman–Crippen MR) is 114 cm³/mol. The van der Waals surface area contributed by atoms with Crippen molar-refractivity contribution in [2.75, 3.05) is 12.4 Å². The normalized spacial score (nSPS) is 12.6. The van der Waals surface area contributed by atoms with Gasteiger partial charge in [-0.2, -0.15) is 0 Å². The van der Waals surface area contributed by atoms with Crippen LogP contribution in [0.3, 0.4) is 0 Å². The minimum atomic E-state index is -0.898. The van der Waals surface area contributed by atoms with Crippen LogP contribution < -0.4 is 15.5 Å². The first-order valence-electron chi connectivity index (χ1n) is 9.59. The van der Waals surface area contributed by atoms with E-state index in [-0.39, 0.29) is 5.91 Å². The summed E-state index contributed by atoms with van der Waals surface area (Å²) in [6.45, 7) is 0.411. The Labute approximate surface area is 170 Å². The molecule has 29 heavy (non-hydrogen) atoms. The number of aryl methyl sites for hydroxylation is 1. The fourth-order valence-electron chi connectivity index (χ4n) is 3.61. The van der Waals surface area contributed by atoms with Gasteiger partial charge in [-0.05, 0) is 58.4 Å². The molecular formula is C23H22BNO4. The van der Waals surface area contributed by atoms with E-state index >= 15 is 0 Å². The van der Waals surface area contributed by atoms with Gasteiger partial charge in [0.05, 0.1) is 13.7 Å². The van der Waals surface area contributed by atoms with E-state index in [4.69, 9.17) is 9.39 Å². The first-order valence-corrected chi connectivity index (χ1v) is 9.59. The summed E-state index contributed by atoms with van der Waals surface area (Å²) in [6.07, 6.45) is 0.879. The van der Waals surface area contributed by atoms with E-state index in [9.17, 15) is 9.82 Å². The average molecular weight is 387 g/mol. The van der Waals surface area contributed by atoms with Crippen LogP contribution in [0.25, 0.3) is 11.1 Å². The van der Waals surface area contributed by atoms with Crippen LogP contribution in [-0.4, -0.2) is 25.2 Å². The number of amides is 1. The molecule has 6 heteroatoms. The fraction of sp³-hybridized carbons (Fsp3) is 0.174. The van der Waals surface area contributed by atoms with Gasteiger partial charge in [0, 0.05) is 12.1 Å². The topological polar surface area (TPSA) is 67.8 Å². The number of benzene rings is 3. The van der Waals surface area contributed by atoms with Crippen molar-refractivity contribution in [1.82, 2.24) is 0 Å². The molecule has 146 valence electrons. The molecule has 0 saturated heterocycles. The number of methoxy groups -OCH3 is 1. The highest BCUT2D eigenvalue weighted by atomic mass is 16.5. The molecule has 4 rings (SSSR count). The minimum absolute atomic E-state index is 0.0668. The molecule has 0 spiro atoms.